The van der Waals surface area contributed by atoms with Gasteiger partial charge in [-0.1, -0.05) is 0 Å². The summed E-state index contributed by atoms with van der Waals surface area (Å²) in [6.07, 6.45) is 0. The second-order valence-electron chi connectivity index (χ2n) is 2.81. The molecule has 1 rings (SSSR count). The lowest BCUT2D eigenvalue weighted by Crippen LogP contribution is -2.33. The van der Waals surface area contributed by atoms with Gasteiger partial charge in [-0.3, -0.25) is 4.79 Å². The molecule has 2 amide bonds. The molecule has 5 heteroatoms. The number of nitrogens with one attached hydrogen (secondary N) is 1. The Bertz CT molecular complexity index is 205. The Kier molecular flexibility index (Phi) is 2.52. The molecular weight excluding hydrogens is 160 g/mol. The zero-order valence-corrected chi connectivity index (χ0v) is 7.16. The number of ether oxygens (including phenoxy) is 1. The number of hydrogen-bond donors (Lipinski definition) is 1. The van der Waals surface area contributed by atoms with Gasteiger partial charge in [0.2, 0.25) is 0 Å². The third kappa shape index (κ3) is 1.87. The van der Waals surface area contributed by atoms with Crippen molar-refractivity contribution >= 4 is 12.0 Å². The molecule has 1 fully saturated rings. The number of hydrogen-bond acceptors (Lipinski definition) is 3. The van der Waals surface area contributed by atoms with Crippen molar-refractivity contribution in [1.82, 2.24) is 10.2 Å². The van der Waals surface area contributed by atoms with Gasteiger partial charge in [-0.2, -0.15) is 0 Å². The first-order chi connectivity index (χ1) is 5.63. The molecule has 1 aliphatic rings. The molecule has 0 bridgehead atoms. The summed E-state index contributed by atoms with van der Waals surface area (Å²) in [4.78, 5) is 23.2. The molecule has 1 N–H and O–H groups in total. The minimum absolute atomic E-state index is 0.0344. The van der Waals surface area contributed by atoms with E-state index in [9.17, 15) is 9.59 Å². The molecule has 0 saturated carbocycles. The number of methoxy groups -OCH3 is 1. The van der Waals surface area contributed by atoms with E-state index in [4.69, 9.17) is 0 Å². The first kappa shape index (κ1) is 8.83. The van der Waals surface area contributed by atoms with Gasteiger partial charge >= 0.3 is 12.0 Å². The third-order valence-electron chi connectivity index (χ3n) is 1.70. The Morgan fingerprint density at radius 3 is 2.92 bits per heavy atom. The zero-order valence-electron chi connectivity index (χ0n) is 7.16. The van der Waals surface area contributed by atoms with Gasteiger partial charge in [-0.05, 0) is 6.92 Å². The number of amides is 2. The average molecular weight is 172 g/mol. The second-order valence-corrected chi connectivity index (χ2v) is 2.81. The van der Waals surface area contributed by atoms with E-state index in [1.165, 1.54) is 12.0 Å². The summed E-state index contributed by atoms with van der Waals surface area (Å²) in [7, 11) is 1.31. The van der Waals surface area contributed by atoms with E-state index in [2.05, 4.69) is 10.1 Å². The average Bonchev–Trinajstić information content (AvgIpc) is 2.30. The number of urea groups is 1. The largest absolute Gasteiger partial charge is 0.468 e. The fourth-order valence-electron chi connectivity index (χ4n) is 1.12. The van der Waals surface area contributed by atoms with E-state index < -0.39 is 0 Å². The van der Waals surface area contributed by atoms with Crippen LogP contribution in [0, 0.1) is 0 Å². The maximum absolute atomic E-state index is 11.0. The van der Waals surface area contributed by atoms with Crippen molar-refractivity contribution in [3.63, 3.8) is 0 Å². The molecule has 12 heavy (non-hydrogen) atoms. The fraction of sp³-hybridized carbons (Fsp3) is 0.714. The number of nitrogens with zero attached hydrogens (tertiary/aromatic N) is 1. The molecule has 0 aromatic carbocycles. The minimum Gasteiger partial charge on any atom is -0.468 e. The summed E-state index contributed by atoms with van der Waals surface area (Å²) in [6, 6.07) is -0.0879. The molecule has 1 unspecified atom stereocenters. The highest BCUT2D eigenvalue weighted by atomic mass is 16.5. The predicted molar refractivity (Wildman–Crippen MR) is 41.6 cm³/mol. The Hall–Kier alpha value is -1.26. The van der Waals surface area contributed by atoms with Crippen LogP contribution < -0.4 is 5.32 Å². The van der Waals surface area contributed by atoms with Crippen LogP contribution in [-0.2, 0) is 9.53 Å². The van der Waals surface area contributed by atoms with Crippen LogP contribution in [0.5, 0.6) is 0 Å². The lowest BCUT2D eigenvalue weighted by atomic mass is 10.4. The Balaban J connectivity index is 2.43. The predicted octanol–water partition coefficient (Wildman–Crippen LogP) is -0.427. The number of carbonyl (C=O) groups excluding carboxylic acids is 2. The molecule has 1 atom stereocenters. The highest BCUT2D eigenvalue weighted by Gasteiger charge is 2.27. The fourth-order valence-corrected chi connectivity index (χ4v) is 1.12. The smallest absolute Gasteiger partial charge is 0.325 e. The summed E-state index contributed by atoms with van der Waals surface area (Å²) in [6.45, 7) is 2.48. The lowest BCUT2D eigenvalue weighted by molar-refractivity contribution is -0.141. The molecule has 0 aromatic heterocycles. The van der Waals surface area contributed by atoms with Crippen LogP contribution in [-0.4, -0.2) is 43.1 Å². The number of esters is 1. The topological polar surface area (TPSA) is 58.6 Å². The Morgan fingerprint density at radius 1 is 1.83 bits per heavy atom. The number of rotatable bonds is 2. The molecule has 68 valence electrons. The van der Waals surface area contributed by atoms with E-state index in [-0.39, 0.29) is 24.6 Å². The van der Waals surface area contributed by atoms with Gasteiger partial charge in [0.05, 0.1) is 7.11 Å². The molecule has 0 aromatic rings. The Morgan fingerprint density at radius 2 is 2.50 bits per heavy atom. The maximum atomic E-state index is 11.0. The van der Waals surface area contributed by atoms with Crippen molar-refractivity contribution in [2.24, 2.45) is 0 Å². The van der Waals surface area contributed by atoms with E-state index in [0.717, 1.165) is 0 Å². The molecule has 0 aliphatic carbocycles. The summed E-state index contributed by atoms with van der Waals surface area (Å²) in [5.41, 5.74) is 0. The second kappa shape index (κ2) is 3.42. The van der Waals surface area contributed by atoms with Gasteiger partial charge in [0.15, 0.2) is 0 Å². The van der Waals surface area contributed by atoms with Crippen LogP contribution in [0.3, 0.4) is 0 Å². The minimum atomic E-state index is -0.390. The SMILES string of the molecule is COC(=O)CN1CC(C)NC1=O. The summed E-state index contributed by atoms with van der Waals surface area (Å²) < 4.78 is 4.44. The number of carbonyl (C=O) groups is 2. The summed E-state index contributed by atoms with van der Waals surface area (Å²) >= 11 is 0. The van der Waals surface area contributed by atoms with Crippen molar-refractivity contribution in [2.75, 3.05) is 20.2 Å². The van der Waals surface area contributed by atoms with Crippen molar-refractivity contribution in [3.05, 3.63) is 0 Å². The molecular formula is C7H12N2O3. The van der Waals surface area contributed by atoms with Gasteiger partial charge in [0.1, 0.15) is 6.54 Å². The first-order valence-electron chi connectivity index (χ1n) is 3.75. The normalized spacial score (nSPS) is 22.3. The van der Waals surface area contributed by atoms with Crippen molar-refractivity contribution in [3.8, 4) is 0 Å². The first-order valence-corrected chi connectivity index (χ1v) is 3.75. The van der Waals surface area contributed by atoms with E-state index in [1.54, 1.807) is 0 Å². The van der Waals surface area contributed by atoms with Crippen LogP contribution >= 0.6 is 0 Å². The quantitative estimate of drug-likeness (QED) is 0.575. The van der Waals surface area contributed by atoms with Crippen molar-refractivity contribution in [2.45, 2.75) is 13.0 Å². The van der Waals surface area contributed by atoms with Crippen LogP contribution in [0.2, 0.25) is 0 Å². The highest BCUT2D eigenvalue weighted by Crippen LogP contribution is 2.02. The molecule has 0 radical (unpaired) electrons. The van der Waals surface area contributed by atoms with Crippen LogP contribution in [0.1, 0.15) is 6.92 Å². The molecule has 5 nitrogen and oxygen atoms in total. The molecule has 0 spiro atoms. The highest BCUT2D eigenvalue weighted by molar-refractivity contribution is 5.82. The monoisotopic (exact) mass is 172 g/mol. The van der Waals surface area contributed by atoms with Crippen molar-refractivity contribution in [1.29, 1.82) is 0 Å². The lowest BCUT2D eigenvalue weighted by Gasteiger charge is -2.11. The van der Waals surface area contributed by atoms with Crippen LogP contribution in [0.25, 0.3) is 0 Å². The van der Waals surface area contributed by atoms with Gasteiger partial charge in [0.25, 0.3) is 0 Å². The van der Waals surface area contributed by atoms with Crippen LogP contribution in [0.15, 0.2) is 0 Å². The van der Waals surface area contributed by atoms with Crippen LogP contribution in [0.4, 0.5) is 4.79 Å². The van der Waals surface area contributed by atoms with E-state index >= 15 is 0 Å². The van der Waals surface area contributed by atoms with Gasteiger partial charge in [-0.25, -0.2) is 4.79 Å². The standard InChI is InChI=1S/C7H12N2O3/c1-5-3-9(7(11)8-5)4-6(10)12-2/h5H,3-4H2,1-2H3,(H,8,11). The van der Waals surface area contributed by atoms with E-state index in [0.29, 0.717) is 6.54 Å². The zero-order chi connectivity index (χ0) is 9.14. The molecule has 1 aliphatic heterocycles. The maximum Gasteiger partial charge on any atom is 0.325 e. The summed E-state index contributed by atoms with van der Waals surface area (Å²) in [5, 5.41) is 2.68. The van der Waals surface area contributed by atoms with E-state index in [1.807, 2.05) is 6.92 Å². The molecule has 1 heterocycles. The summed E-state index contributed by atoms with van der Waals surface area (Å²) in [5.74, 6) is -0.390. The third-order valence-corrected chi connectivity index (χ3v) is 1.70. The van der Waals surface area contributed by atoms with Crippen molar-refractivity contribution < 1.29 is 14.3 Å². The van der Waals surface area contributed by atoms with Gasteiger partial charge in [-0.15, -0.1) is 0 Å². The molecule has 1 saturated heterocycles. The van der Waals surface area contributed by atoms with Gasteiger partial charge in [0, 0.05) is 12.6 Å². The van der Waals surface area contributed by atoms with Gasteiger partial charge < -0.3 is 15.0 Å². The Labute approximate surface area is 70.7 Å².